The number of benzene rings is 3. The van der Waals surface area contributed by atoms with Crippen molar-refractivity contribution in [3.05, 3.63) is 78.4 Å². The molecule has 10 nitrogen and oxygen atoms in total. The van der Waals surface area contributed by atoms with Gasteiger partial charge in [0.1, 0.15) is 31.5 Å². The van der Waals surface area contributed by atoms with Crippen LogP contribution >= 0.6 is 0 Å². The molecule has 11 heteroatoms. The highest BCUT2D eigenvalue weighted by atomic mass is 32.2. The fourth-order valence-corrected chi connectivity index (χ4v) is 6.98. The number of nitrogens with zero attached hydrogens (tertiary/aromatic N) is 2. The lowest BCUT2D eigenvalue weighted by atomic mass is 9.95. The Morgan fingerprint density at radius 3 is 2.39 bits per heavy atom. The summed E-state index contributed by atoms with van der Waals surface area (Å²) in [4.78, 5) is 29.2. The van der Waals surface area contributed by atoms with Gasteiger partial charge >= 0.3 is 0 Å². The van der Waals surface area contributed by atoms with E-state index >= 15 is 0 Å². The van der Waals surface area contributed by atoms with Gasteiger partial charge in [-0.1, -0.05) is 49.6 Å². The molecule has 0 radical (unpaired) electrons. The Labute approximate surface area is 259 Å². The van der Waals surface area contributed by atoms with Crippen LogP contribution in [0.5, 0.6) is 17.2 Å². The zero-order valence-electron chi connectivity index (χ0n) is 25.1. The molecule has 1 fully saturated rings. The quantitative estimate of drug-likeness (QED) is 0.335. The molecule has 1 saturated carbocycles. The van der Waals surface area contributed by atoms with Crippen LogP contribution < -0.4 is 23.8 Å². The molecule has 0 spiro atoms. The second-order valence-electron chi connectivity index (χ2n) is 11.0. The van der Waals surface area contributed by atoms with Crippen LogP contribution in [0.3, 0.4) is 0 Å². The third-order valence-electron chi connectivity index (χ3n) is 8.03. The summed E-state index contributed by atoms with van der Waals surface area (Å²) in [6.45, 7) is 1.92. The number of fused-ring (bicyclic) bond motifs is 1. The Kier molecular flexibility index (Phi) is 9.94. The first-order valence-electron chi connectivity index (χ1n) is 15.0. The summed E-state index contributed by atoms with van der Waals surface area (Å²) < 4.78 is 45.9. The second-order valence-corrected chi connectivity index (χ2v) is 12.9. The van der Waals surface area contributed by atoms with Crippen molar-refractivity contribution in [1.29, 1.82) is 0 Å². The summed E-state index contributed by atoms with van der Waals surface area (Å²) in [7, 11) is -2.64. The molecule has 2 amide bonds. The number of hydrogen-bond donors (Lipinski definition) is 1. The molecule has 1 atom stereocenters. The normalized spacial score (nSPS) is 15.6. The van der Waals surface area contributed by atoms with Gasteiger partial charge in [0.25, 0.3) is 10.0 Å². The maximum atomic E-state index is 14.2. The van der Waals surface area contributed by atoms with Gasteiger partial charge in [-0.05, 0) is 61.7 Å². The number of carbonyl (C=O) groups excluding carboxylic acids is 2. The SMILES string of the molecule is COc1cccc(CN(C(=O)CN(c2ccc3c(c2)OCCO3)S(=O)(=O)c2ccccc2)[C@@H](C)C(=O)NC2CCCCC2)c1. The van der Waals surface area contributed by atoms with Crippen LogP contribution in [0.4, 0.5) is 5.69 Å². The Bertz CT molecular complexity index is 1560. The molecule has 234 valence electrons. The number of carbonyl (C=O) groups is 2. The largest absolute Gasteiger partial charge is 0.497 e. The van der Waals surface area contributed by atoms with Crippen LogP contribution in [0, 0.1) is 0 Å². The Morgan fingerprint density at radius 2 is 1.66 bits per heavy atom. The van der Waals surface area contributed by atoms with Gasteiger partial charge in [0, 0.05) is 18.7 Å². The van der Waals surface area contributed by atoms with E-state index in [2.05, 4.69) is 5.32 Å². The van der Waals surface area contributed by atoms with Crippen molar-refractivity contribution in [2.24, 2.45) is 0 Å². The van der Waals surface area contributed by atoms with Gasteiger partial charge in [0.05, 0.1) is 17.7 Å². The van der Waals surface area contributed by atoms with Gasteiger partial charge < -0.3 is 24.4 Å². The summed E-state index contributed by atoms with van der Waals surface area (Å²) >= 11 is 0. The predicted molar refractivity (Wildman–Crippen MR) is 166 cm³/mol. The molecule has 1 N–H and O–H groups in total. The standard InChI is InChI=1S/C33H39N3O7S/c1-24(33(38)34-26-11-5-3-6-12-26)35(22-25-10-9-13-28(20-25)41-2)32(37)23-36(44(39,40)29-14-7-4-8-15-29)27-16-17-30-31(21-27)43-19-18-42-30/h4,7-10,13-17,20-21,24,26H,3,5-6,11-12,18-19,22-23H2,1-2H3,(H,34,38)/t24-/m0/s1. The Morgan fingerprint density at radius 1 is 0.932 bits per heavy atom. The van der Waals surface area contributed by atoms with E-state index in [-0.39, 0.29) is 29.1 Å². The lowest BCUT2D eigenvalue weighted by Crippen LogP contribution is -2.53. The zero-order chi connectivity index (χ0) is 31.1. The number of rotatable bonds is 11. The lowest BCUT2D eigenvalue weighted by Gasteiger charge is -2.33. The van der Waals surface area contributed by atoms with Gasteiger partial charge in [-0.2, -0.15) is 0 Å². The zero-order valence-corrected chi connectivity index (χ0v) is 25.9. The van der Waals surface area contributed by atoms with Crippen LogP contribution in [-0.2, 0) is 26.2 Å². The number of amides is 2. The number of methoxy groups -OCH3 is 1. The minimum absolute atomic E-state index is 0.0325. The van der Waals surface area contributed by atoms with E-state index < -0.39 is 28.5 Å². The van der Waals surface area contributed by atoms with Gasteiger partial charge in [0.15, 0.2) is 11.5 Å². The molecule has 0 bridgehead atoms. The molecule has 44 heavy (non-hydrogen) atoms. The van der Waals surface area contributed by atoms with E-state index in [0.29, 0.717) is 30.5 Å². The van der Waals surface area contributed by atoms with Crippen LogP contribution in [-0.4, -0.2) is 64.1 Å². The first kappa shape index (κ1) is 31.2. The maximum Gasteiger partial charge on any atom is 0.264 e. The summed E-state index contributed by atoms with van der Waals surface area (Å²) in [6, 6.07) is 19.2. The highest BCUT2D eigenvalue weighted by Crippen LogP contribution is 2.36. The van der Waals surface area contributed by atoms with E-state index in [1.165, 1.54) is 17.0 Å². The predicted octanol–water partition coefficient (Wildman–Crippen LogP) is 4.53. The van der Waals surface area contributed by atoms with Gasteiger partial charge in [-0.15, -0.1) is 0 Å². The lowest BCUT2D eigenvalue weighted by molar-refractivity contribution is -0.139. The van der Waals surface area contributed by atoms with Crippen molar-refractivity contribution in [3.63, 3.8) is 0 Å². The third kappa shape index (κ3) is 7.27. The van der Waals surface area contributed by atoms with E-state index in [4.69, 9.17) is 14.2 Å². The van der Waals surface area contributed by atoms with Crippen molar-refractivity contribution in [1.82, 2.24) is 10.2 Å². The number of ether oxygens (including phenoxy) is 3. The fraction of sp³-hybridized carbons (Fsp3) is 0.394. The van der Waals surface area contributed by atoms with Crippen molar-refractivity contribution in [2.45, 2.75) is 62.6 Å². The van der Waals surface area contributed by atoms with E-state index in [1.54, 1.807) is 62.6 Å². The van der Waals surface area contributed by atoms with Crippen molar-refractivity contribution in [2.75, 3.05) is 31.2 Å². The van der Waals surface area contributed by atoms with E-state index in [1.807, 2.05) is 12.1 Å². The molecule has 0 saturated heterocycles. The first-order valence-corrected chi connectivity index (χ1v) is 16.4. The molecule has 3 aromatic carbocycles. The molecule has 2 aliphatic rings. The number of hydrogen-bond acceptors (Lipinski definition) is 7. The minimum atomic E-state index is -4.19. The molecule has 1 heterocycles. The summed E-state index contributed by atoms with van der Waals surface area (Å²) in [5.74, 6) is 0.691. The minimum Gasteiger partial charge on any atom is -0.497 e. The fourth-order valence-electron chi connectivity index (χ4n) is 5.55. The molecule has 1 aliphatic heterocycles. The van der Waals surface area contributed by atoms with Crippen molar-refractivity contribution < 1.29 is 32.2 Å². The maximum absolute atomic E-state index is 14.2. The molecule has 1 aliphatic carbocycles. The average Bonchev–Trinajstić information content (AvgIpc) is 3.06. The molecule has 0 aromatic heterocycles. The van der Waals surface area contributed by atoms with Crippen LogP contribution in [0.25, 0.3) is 0 Å². The Hall–Kier alpha value is -4.25. The topological polar surface area (TPSA) is 114 Å². The number of anilines is 1. The smallest absolute Gasteiger partial charge is 0.264 e. The average molecular weight is 622 g/mol. The van der Waals surface area contributed by atoms with Crippen LogP contribution in [0.2, 0.25) is 0 Å². The van der Waals surface area contributed by atoms with Gasteiger partial charge in [-0.3, -0.25) is 13.9 Å². The molecule has 0 unspecified atom stereocenters. The van der Waals surface area contributed by atoms with Crippen LogP contribution in [0.1, 0.15) is 44.6 Å². The van der Waals surface area contributed by atoms with Crippen molar-refractivity contribution in [3.8, 4) is 17.2 Å². The molecular formula is C33H39N3O7S. The highest BCUT2D eigenvalue weighted by Gasteiger charge is 2.34. The summed E-state index contributed by atoms with van der Waals surface area (Å²) in [5, 5.41) is 3.12. The number of nitrogens with one attached hydrogen (secondary N) is 1. The summed E-state index contributed by atoms with van der Waals surface area (Å²) in [6.07, 6.45) is 5.04. The van der Waals surface area contributed by atoms with E-state index in [0.717, 1.165) is 42.0 Å². The molecule has 3 aromatic rings. The third-order valence-corrected chi connectivity index (χ3v) is 9.82. The monoisotopic (exact) mass is 621 g/mol. The Balaban J connectivity index is 1.49. The van der Waals surface area contributed by atoms with Gasteiger partial charge in [0.2, 0.25) is 11.8 Å². The first-order chi connectivity index (χ1) is 21.3. The van der Waals surface area contributed by atoms with Gasteiger partial charge in [-0.25, -0.2) is 8.42 Å². The second kappa shape index (κ2) is 14.0. The highest BCUT2D eigenvalue weighted by molar-refractivity contribution is 7.92. The molecule has 5 rings (SSSR count). The number of sulfonamides is 1. The van der Waals surface area contributed by atoms with E-state index in [9.17, 15) is 18.0 Å². The van der Waals surface area contributed by atoms with Crippen LogP contribution in [0.15, 0.2) is 77.7 Å². The van der Waals surface area contributed by atoms with Crippen molar-refractivity contribution >= 4 is 27.5 Å². The summed E-state index contributed by atoms with van der Waals surface area (Å²) in [5.41, 5.74) is 0.985. The molecular weight excluding hydrogens is 582 g/mol.